The van der Waals surface area contributed by atoms with Crippen molar-refractivity contribution in [3.63, 3.8) is 0 Å². The molecule has 0 bridgehead atoms. The minimum absolute atomic E-state index is 0.0557. The van der Waals surface area contributed by atoms with E-state index < -0.39 is 28.4 Å². The molecule has 1 amide bonds. The van der Waals surface area contributed by atoms with Crippen molar-refractivity contribution < 1.29 is 32.7 Å². The minimum atomic E-state index is -4.00. The first-order chi connectivity index (χ1) is 14.7. The Kier molecular flexibility index (Phi) is 6.36. The summed E-state index contributed by atoms with van der Waals surface area (Å²) in [5.74, 6) is -0.842. The van der Waals surface area contributed by atoms with Crippen LogP contribution in [0.25, 0.3) is 11.0 Å². The van der Waals surface area contributed by atoms with Gasteiger partial charge in [-0.25, -0.2) is 17.9 Å². The number of hydrogen-bond donors (Lipinski definition) is 3. The molecule has 0 saturated heterocycles. The van der Waals surface area contributed by atoms with Gasteiger partial charge in [-0.15, -0.1) is 5.10 Å². The fourth-order valence-electron chi connectivity index (χ4n) is 2.70. The predicted molar refractivity (Wildman–Crippen MR) is 106 cm³/mol. The monoisotopic (exact) mass is 449 g/mol. The molecule has 1 heterocycles. The van der Waals surface area contributed by atoms with Gasteiger partial charge in [0.1, 0.15) is 22.3 Å². The van der Waals surface area contributed by atoms with E-state index >= 15 is 0 Å². The van der Waals surface area contributed by atoms with Crippen LogP contribution in [0.3, 0.4) is 0 Å². The molecule has 3 rings (SSSR count). The minimum Gasteiger partial charge on any atom is -0.496 e. The standard InChI is InChI=1S/C18H19N5O7S/c1-29-16-6-3-11(7-13(16)18(25)30-2)9-19-17(24)10-20-31(27,28)12-4-5-15-14(8-12)21-22-23(15)26/h3-8,20,26H,9-10H2,1-2H3,(H,19,24). The molecule has 0 radical (unpaired) electrons. The third-order valence-electron chi connectivity index (χ3n) is 4.29. The van der Waals surface area contributed by atoms with E-state index in [-0.39, 0.29) is 28.0 Å². The van der Waals surface area contributed by atoms with Gasteiger partial charge < -0.3 is 20.0 Å². The summed E-state index contributed by atoms with van der Waals surface area (Å²) in [7, 11) is -1.34. The van der Waals surface area contributed by atoms with Crippen LogP contribution >= 0.6 is 0 Å². The molecule has 2 aromatic carbocycles. The molecule has 3 aromatic rings. The highest BCUT2D eigenvalue weighted by molar-refractivity contribution is 7.89. The molecule has 0 aliphatic rings. The molecule has 0 spiro atoms. The van der Waals surface area contributed by atoms with Crippen molar-refractivity contribution in [3.05, 3.63) is 47.5 Å². The lowest BCUT2D eigenvalue weighted by molar-refractivity contribution is -0.120. The smallest absolute Gasteiger partial charge is 0.341 e. The largest absolute Gasteiger partial charge is 0.496 e. The van der Waals surface area contributed by atoms with Crippen LogP contribution in [0.15, 0.2) is 41.3 Å². The fourth-order valence-corrected chi connectivity index (χ4v) is 3.70. The third-order valence-corrected chi connectivity index (χ3v) is 5.69. The number of benzene rings is 2. The number of sulfonamides is 1. The first kappa shape index (κ1) is 22.0. The summed E-state index contributed by atoms with van der Waals surface area (Å²) in [5.41, 5.74) is 1.21. The van der Waals surface area contributed by atoms with Gasteiger partial charge in [0.2, 0.25) is 15.9 Å². The Morgan fingerprint density at radius 3 is 2.65 bits per heavy atom. The maximum Gasteiger partial charge on any atom is 0.341 e. The van der Waals surface area contributed by atoms with Crippen LogP contribution in [0.2, 0.25) is 0 Å². The van der Waals surface area contributed by atoms with Gasteiger partial charge in [-0.2, -0.15) is 0 Å². The lowest BCUT2D eigenvalue weighted by atomic mass is 10.1. The van der Waals surface area contributed by atoms with E-state index in [0.29, 0.717) is 16.2 Å². The Morgan fingerprint density at radius 1 is 1.16 bits per heavy atom. The fraction of sp³-hybridized carbons (Fsp3) is 0.222. The quantitative estimate of drug-likeness (QED) is 0.319. The number of methoxy groups -OCH3 is 2. The Labute approximate surface area is 176 Å². The molecule has 1 aromatic heterocycles. The molecule has 0 atom stereocenters. The number of aromatic nitrogens is 3. The number of rotatable bonds is 8. The highest BCUT2D eigenvalue weighted by Crippen LogP contribution is 2.21. The van der Waals surface area contributed by atoms with Crippen molar-refractivity contribution in [2.45, 2.75) is 11.4 Å². The second-order valence-corrected chi connectivity index (χ2v) is 8.02. The third kappa shape index (κ3) is 4.90. The molecule has 0 aliphatic heterocycles. The van der Waals surface area contributed by atoms with Crippen LogP contribution in [0, 0.1) is 0 Å². The molecule has 31 heavy (non-hydrogen) atoms. The average molecular weight is 449 g/mol. The highest BCUT2D eigenvalue weighted by Gasteiger charge is 2.18. The molecule has 12 nitrogen and oxygen atoms in total. The summed E-state index contributed by atoms with van der Waals surface area (Å²) < 4.78 is 36.8. The Morgan fingerprint density at radius 2 is 1.94 bits per heavy atom. The van der Waals surface area contributed by atoms with E-state index in [2.05, 4.69) is 20.4 Å². The highest BCUT2D eigenvalue weighted by atomic mass is 32.2. The lowest BCUT2D eigenvalue weighted by Gasteiger charge is -2.11. The van der Waals surface area contributed by atoms with Gasteiger partial charge in [-0.1, -0.05) is 10.9 Å². The number of amides is 1. The van der Waals surface area contributed by atoms with E-state index in [0.717, 1.165) is 0 Å². The molecular weight excluding hydrogens is 430 g/mol. The number of esters is 1. The van der Waals surface area contributed by atoms with E-state index in [9.17, 15) is 23.2 Å². The Balaban J connectivity index is 1.61. The summed E-state index contributed by atoms with van der Waals surface area (Å²) in [5, 5.41) is 19.0. The van der Waals surface area contributed by atoms with Gasteiger partial charge in [0.05, 0.1) is 25.7 Å². The van der Waals surface area contributed by atoms with Crippen LogP contribution in [-0.2, 0) is 26.1 Å². The molecule has 0 saturated carbocycles. The zero-order valence-corrected chi connectivity index (χ0v) is 17.3. The van der Waals surface area contributed by atoms with Crippen LogP contribution in [0.4, 0.5) is 0 Å². The maximum absolute atomic E-state index is 12.4. The van der Waals surface area contributed by atoms with Gasteiger partial charge in [-0.3, -0.25) is 4.79 Å². The van der Waals surface area contributed by atoms with Gasteiger partial charge in [-0.05, 0) is 41.1 Å². The van der Waals surface area contributed by atoms with Gasteiger partial charge in [0.15, 0.2) is 0 Å². The van der Waals surface area contributed by atoms with Gasteiger partial charge in [0, 0.05) is 6.54 Å². The number of carbonyl (C=O) groups excluding carboxylic acids is 2. The summed E-state index contributed by atoms with van der Waals surface area (Å²) in [4.78, 5) is 24.3. The molecule has 0 aliphatic carbocycles. The van der Waals surface area contributed by atoms with Crippen LogP contribution < -0.4 is 14.8 Å². The maximum atomic E-state index is 12.4. The SMILES string of the molecule is COC(=O)c1cc(CNC(=O)CNS(=O)(=O)c2ccc3c(c2)nnn3O)ccc1OC. The molecule has 3 N–H and O–H groups in total. The average Bonchev–Trinajstić information content (AvgIpc) is 3.15. The van der Waals surface area contributed by atoms with Crippen molar-refractivity contribution >= 4 is 32.9 Å². The van der Waals surface area contributed by atoms with Crippen LogP contribution in [0.1, 0.15) is 15.9 Å². The zero-order chi connectivity index (χ0) is 22.6. The summed E-state index contributed by atoms with van der Waals surface area (Å²) in [6.07, 6.45) is 0. The molecular formula is C18H19N5O7S. The first-order valence-corrected chi connectivity index (χ1v) is 10.3. The van der Waals surface area contributed by atoms with E-state index in [1.165, 1.54) is 38.5 Å². The van der Waals surface area contributed by atoms with Crippen LogP contribution in [0.5, 0.6) is 5.75 Å². The molecule has 0 fully saturated rings. The van der Waals surface area contributed by atoms with Crippen molar-refractivity contribution in [1.29, 1.82) is 0 Å². The van der Waals surface area contributed by atoms with E-state index in [4.69, 9.17) is 9.47 Å². The molecule has 13 heteroatoms. The molecule has 164 valence electrons. The van der Waals surface area contributed by atoms with Crippen molar-refractivity contribution in [1.82, 2.24) is 25.2 Å². The summed E-state index contributed by atoms with van der Waals surface area (Å²) >= 11 is 0. The number of hydrogen-bond acceptors (Lipinski definition) is 9. The normalized spacial score (nSPS) is 11.3. The van der Waals surface area contributed by atoms with Crippen molar-refractivity contribution in [3.8, 4) is 5.75 Å². The van der Waals surface area contributed by atoms with Crippen LogP contribution in [-0.4, -0.2) is 61.4 Å². The predicted octanol–water partition coefficient (Wildman–Crippen LogP) is 0.0585. The van der Waals surface area contributed by atoms with Crippen molar-refractivity contribution in [2.24, 2.45) is 0 Å². The summed E-state index contributed by atoms with van der Waals surface area (Å²) in [6.45, 7) is -0.451. The second kappa shape index (κ2) is 8.97. The van der Waals surface area contributed by atoms with E-state index in [1.54, 1.807) is 12.1 Å². The molecule has 0 unspecified atom stereocenters. The Bertz CT molecular complexity index is 1240. The second-order valence-electron chi connectivity index (χ2n) is 6.26. The van der Waals surface area contributed by atoms with Gasteiger partial charge in [0.25, 0.3) is 0 Å². The number of carbonyl (C=O) groups is 2. The lowest BCUT2D eigenvalue weighted by Crippen LogP contribution is -2.36. The topological polar surface area (TPSA) is 162 Å². The summed E-state index contributed by atoms with van der Waals surface area (Å²) in [6, 6.07) is 8.55. The van der Waals surface area contributed by atoms with Crippen molar-refractivity contribution in [2.75, 3.05) is 20.8 Å². The number of nitrogens with one attached hydrogen (secondary N) is 2. The van der Waals surface area contributed by atoms with E-state index in [1.807, 2.05) is 0 Å². The number of fused-ring (bicyclic) bond motifs is 1. The number of ether oxygens (including phenoxy) is 2. The first-order valence-electron chi connectivity index (χ1n) is 8.81. The number of nitrogens with zero attached hydrogens (tertiary/aromatic N) is 3. The van der Waals surface area contributed by atoms with Gasteiger partial charge >= 0.3 is 5.97 Å². The Hall–Kier alpha value is -3.71. The zero-order valence-electron chi connectivity index (χ0n) is 16.5.